The second-order valence-electron chi connectivity index (χ2n) is 8.56. The summed E-state index contributed by atoms with van der Waals surface area (Å²) in [5, 5.41) is 0. The zero-order valence-corrected chi connectivity index (χ0v) is 21.2. The van der Waals surface area contributed by atoms with Crippen molar-refractivity contribution in [2.45, 2.75) is 136 Å². The molecular formula is C27H54O4. The van der Waals surface area contributed by atoms with Crippen molar-refractivity contribution < 1.29 is 18.9 Å². The Labute approximate surface area is 194 Å². The summed E-state index contributed by atoms with van der Waals surface area (Å²) in [6.07, 6.45) is 24.7. The Hall–Kier alpha value is -0.580. The van der Waals surface area contributed by atoms with Crippen molar-refractivity contribution >= 4 is 0 Å². The van der Waals surface area contributed by atoms with Crippen molar-refractivity contribution in [1.29, 1.82) is 0 Å². The average Bonchev–Trinajstić information content (AvgIpc) is 2.78. The van der Waals surface area contributed by atoms with Crippen LogP contribution in [0.5, 0.6) is 0 Å². The topological polar surface area (TPSA) is 36.9 Å². The van der Waals surface area contributed by atoms with Gasteiger partial charge in [0, 0.05) is 13.2 Å². The van der Waals surface area contributed by atoms with Crippen molar-refractivity contribution in [3.05, 3.63) is 12.3 Å². The molecule has 0 unspecified atom stereocenters. The first kappa shape index (κ1) is 30.4. The monoisotopic (exact) mass is 442 g/mol. The van der Waals surface area contributed by atoms with Gasteiger partial charge < -0.3 is 18.9 Å². The summed E-state index contributed by atoms with van der Waals surface area (Å²) in [7, 11) is 0. The normalized spacial score (nSPS) is 11.7. The van der Waals surface area contributed by atoms with Crippen LogP contribution in [0.1, 0.15) is 130 Å². The molecule has 0 fully saturated rings. The Balaban J connectivity index is 3.53. The Kier molecular flexibility index (Phi) is 26.9. The molecule has 0 aliphatic carbocycles. The van der Waals surface area contributed by atoms with E-state index in [4.69, 9.17) is 18.9 Å². The molecule has 0 aromatic rings. The highest BCUT2D eigenvalue weighted by Gasteiger charge is 2.09. The number of hydrogen-bond acceptors (Lipinski definition) is 4. The SMILES string of the molecule is CCCCCOC(CCCCCCCCCC=COCOCCCC)OCCCCC. The van der Waals surface area contributed by atoms with E-state index in [2.05, 4.69) is 26.8 Å². The van der Waals surface area contributed by atoms with E-state index in [1.54, 1.807) is 6.26 Å². The molecule has 0 heterocycles. The standard InChI is InChI=1S/C27H54O4/c1-4-7-18-24-30-27(31-25-19-8-5-2)21-17-15-13-11-10-12-14-16-20-23-29-26-28-22-9-6-3/h20,23,27H,4-19,21-22,24-26H2,1-3H3. The maximum Gasteiger partial charge on any atom is 0.188 e. The fraction of sp³-hybridized carbons (Fsp3) is 0.926. The molecule has 0 aromatic heterocycles. The Bertz CT molecular complexity index is 334. The number of hydrogen-bond donors (Lipinski definition) is 0. The van der Waals surface area contributed by atoms with E-state index in [1.165, 1.54) is 70.6 Å². The highest BCUT2D eigenvalue weighted by molar-refractivity contribution is 4.72. The summed E-state index contributed by atoms with van der Waals surface area (Å²) < 4.78 is 22.7. The summed E-state index contributed by atoms with van der Waals surface area (Å²) in [5.41, 5.74) is 0. The van der Waals surface area contributed by atoms with E-state index in [9.17, 15) is 0 Å². The van der Waals surface area contributed by atoms with Crippen molar-refractivity contribution in [1.82, 2.24) is 0 Å². The minimum Gasteiger partial charge on any atom is -0.475 e. The molecule has 31 heavy (non-hydrogen) atoms. The molecular weight excluding hydrogens is 388 g/mol. The van der Waals surface area contributed by atoms with Crippen molar-refractivity contribution in [2.75, 3.05) is 26.6 Å². The average molecular weight is 443 g/mol. The Morgan fingerprint density at radius 1 is 0.581 bits per heavy atom. The Morgan fingerprint density at radius 2 is 1.16 bits per heavy atom. The van der Waals surface area contributed by atoms with E-state index < -0.39 is 0 Å². The third-order valence-corrected chi connectivity index (χ3v) is 5.40. The van der Waals surface area contributed by atoms with Gasteiger partial charge in [-0.2, -0.15) is 0 Å². The Morgan fingerprint density at radius 3 is 1.77 bits per heavy atom. The predicted molar refractivity (Wildman–Crippen MR) is 132 cm³/mol. The van der Waals surface area contributed by atoms with E-state index in [1.807, 2.05) is 0 Å². The molecule has 0 amide bonds. The zero-order valence-electron chi connectivity index (χ0n) is 21.2. The molecule has 0 aromatic carbocycles. The zero-order chi connectivity index (χ0) is 22.7. The van der Waals surface area contributed by atoms with Crippen molar-refractivity contribution in [3.8, 4) is 0 Å². The summed E-state index contributed by atoms with van der Waals surface area (Å²) >= 11 is 0. The van der Waals surface area contributed by atoms with E-state index in [0.717, 1.165) is 58.3 Å². The first-order valence-corrected chi connectivity index (χ1v) is 13.4. The van der Waals surface area contributed by atoms with Gasteiger partial charge in [0.1, 0.15) is 0 Å². The minimum absolute atomic E-state index is 0.0137. The lowest BCUT2D eigenvalue weighted by atomic mass is 10.1. The quantitative estimate of drug-likeness (QED) is 0.0764. The van der Waals surface area contributed by atoms with Crippen molar-refractivity contribution in [3.63, 3.8) is 0 Å². The first-order valence-electron chi connectivity index (χ1n) is 13.4. The van der Waals surface area contributed by atoms with Gasteiger partial charge in [-0.25, -0.2) is 0 Å². The maximum absolute atomic E-state index is 6.00. The van der Waals surface area contributed by atoms with Crippen LogP contribution in [0.2, 0.25) is 0 Å². The van der Waals surface area contributed by atoms with Crippen LogP contribution in [0.25, 0.3) is 0 Å². The third kappa shape index (κ3) is 25.6. The molecule has 0 N–H and O–H groups in total. The lowest BCUT2D eigenvalue weighted by molar-refractivity contribution is -0.148. The number of allylic oxidation sites excluding steroid dienone is 1. The van der Waals surface area contributed by atoms with Gasteiger partial charge in [-0.05, 0) is 51.0 Å². The summed E-state index contributed by atoms with van der Waals surface area (Å²) in [4.78, 5) is 0. The summed E-state index contributed by atoms with van der Waals surface area (Å²) in [6, 6.07) is 0. The molecule has 4 nitrogen and oxygen atoms in total. The van der Waals surface area contributed by atoms with Crippen LogP contribution in [-0.4, -0.2) is 32.9 Å². The summed E-state index contributed by atoms with van der Waals surface area (Å²) in [6.45, 7) is 9.49. The van der Waals surface area contributed by atoms with Gasteiger partial charge in [0.15, 0.2) is 13.1 Å². The lowest BCUT2D eigenvalue weighted by Gasteiger charge is -2.18. The highest BCUT2D eigenvalue weighted by Crippen LogP contribution is 2.14. The van der Waals surface area contributed by atoms with Gasteiger partial charge >= 0.3 is 0 Å². The van der Waals surface area contributed by atoms with Gasteiger partial charge in [0.05, 0.1) is 12.9 Å². The molecule has 0 radical (unpaired) electrons. The van der Waals surface area contributed by atoms with Gasteiger partial charge in [0.25, 0.3) is 0 Å². The second kappa shape index (κ2) is 27.5. The summed E-state index contributed by atoms with van der Waals surface area (Å²) in [5.74, 6) is 0. The van der Waals surface area contributed by atoms with Crippen LogP contribution < -0.4 is 0 Å². The van der Waals surface area contributed by atoms with Gasteiger partial charge in [-0.15, -0.1) is 0 Å². The highest BCUT2D eigenvalue weighted by atomic mass is 16.7. The number of unbranched alkanes of at least 4 members (excludes halogenated alkanes) is 12. The molecule has 0 saturated heterocycles. The molecule has 4 heteroatoms. The van der Waals surface area contributed by atoms with Gasteiger partial charge in [0.2, 0.25) is 0 Å². The minimum atomic E-state index is 0.0137. The van der Waals surface area contributed by atoms with Crippen LogP contribution in [-0.2, 0) is 18.9 Å². The molecule has 186 valence electrons. The molecule has 0 bridgehead atoms. The van der Waals surface area contributed by atoms with Crippen LogP contribution in [0, 0.1) is 0 Å². The maximum atomic E-state index is 6.00. The van der Waals surface area contributed by atoms with Crippen LogP contribution in [0.15, 0.2) is 12.3 Å². The third-order valence-electron chi connectivity index (χ3n) is 5.40. The predicted octanol–water partition coefficient (Wildman–Crippen LogP) is 8.54. The van der Waals surface area contributed by atoms with E-state index in [0.29, 0.717) is 6.79 Å². The number of ether oxygens (including phenoxy) is 4. The van der Waals surface area contributed by atoms with Crippen LogP contribution in [0.3, 0.4) is 0 Å². The van der Waals surface area contributed by atoms with Crippen LogP contribution >= 0.6 is 0 Å². The molecule has 0 aliphatic heterocycles. The smallest absolute Gasteiger partial charge is 0.188 e. The fourth-order valence-corrected chi connectivity index (χ4v) is 3.33. The molecule has 0 saturated carbocycles. The molecule has 0 spiro atoms. The first-order chi connectivity index (χ1) is 15.3. The molecule has 0 rings (SSSR count). The van der Waals surface area contributed by atoms with E-state index >= 15 is 0 Å². The largest absolute Gasteiger partial charge is 0.475 e. The number of rotatable bonds is 26. The molecule has 0 aliphatic rings. The van der Waals surface area contributed by atoms with Gasteiger partial charge in [-0.3, -0.25) is 0 Å². The molecule has 0 atom stereocenters. The van der Waals surface area contributed by atoms with Crippen LogP contribution in [0.4, 0.5) is 0 Å². The fourth-order valence-electron chi connectivity index (χ4n) is 3.33. The van der Waals surface area contributed by atoms with Gasteiger partial charge in [-0.1, -0.05) is 85.0 Å². The second-order valence-corrected chi connectivity index (χ2v) is 8.56. The van der Waals surface area contributed by atoms with Crippen molar-refractivity contribution in [2.24, 2.45) is 0 Å². The van der Waals surface area contributed by atoms with E-state index in [-0.39, 0.29) is 6.29 Å². The lowest BCUT2D eigenvalue weighted by Crippen LogP contribution is -2.19.